The molecule has 0 fully saturated rings. The van der Waals surface area contributed by atoms with E-state index in [0.717, 1.165) is 19.3 Å². The van der Waals surface area contributed by atoms with E-state index in [4.69, 9.17) is 9.47 Å². The van der Waals surface area contributed by atoms with E-state index in [0.29, 0.717) is 29.6 Å². The van der Waals surface area contributed by atoms with Gasteiger partial charge < -0.3 is 14.6 Å². The second kappa shape index (κ2) is 15.1. The van der Waals surface area contributed by atoms with E-state index >= 15 is 0 Å². The van der Waals surface area contributed by atoms with Gasteiger partial charge in [-0.2, -0.15) is 0 Å². The molecule has 29 heavy (non-hydrogen) atoms. The van der Waals surface area contributed by atoms with Gasteiger partial charge in [0.2, 0.25) is 0 Å². The summed E-state index contributed by atoms with van der Waals surface area (Å²) in [5, 5.41) is 9.78. The number of unbranched alkanes of at least 4 members (excludes halogenated alkanes) is 4. The van der Waals surface area contributed by atoms with E-state index in [1.807, 2.05) is 0 Å². The van der Waals surface area contributed by atoms with Gasteiger partial charge in [-0.15, -0.1) is 0 Å². The molecule has 0 amide bonds. The maximum absolute atomic E-state index is 11.8. The predicted molar refractivity (Wildman–Crippen MR) is 119 cm³/mol. The Hall–Kier alpha value is -1.81. The Bertz CT molecular complexity index is 561. The average Bonchev–Trinajstić information content (AvgIpc) is 2.70. The van der Waals surface area contributed by atoms with E-state index in [9.17, 15) is 9.90 Å². The van der Waals surface area contributed by atoms with E-state index < -0.39 is 6.10 Å². The molecule has 0 aromatic carbocycles. The number of allylic oxidation sites excluding steroid dienone is 5. The van der Waals surface area contributed by atoms with Crippen LogP contribution in [-0.2, 0) is 14.3 Å². The van der Waals surface area contributed by atoms with Crippen molar-refractivity contribution in [3.05, 3.63) is 48.8 Å². The highest BCUT2D eigenvalue weighted by Crippen LogP contribution is 2.28. The van der Waals surface area contributed by atoms with Crippen molar-refractivity contribution in [2.24, 2.45) is 11.8 Å². The summed E-state index contributed by atoms with van der Waals surface area (Å²) < 4.78 is 10.4. The molecule has 1 N–H and O–H groups in total. The summed E-state index contributed by atoms with van der Waals surface area (Å²) in [7, 11) is 0. The van der Waals surface area contributed by atoms with Crippen LogP contribution in [0.2, 0.25) is 0 Å². The molecule has 0 bridgehead atoms. The van der Waals surface area contributed by atoms with Gasteiger partial charge in [0.05, 0.1) is 0 Å². The molecule has 164 valence electrons. The molecule has 0 spiro atoms. The fourth-order valence-corrected chi connectivity index (χ4v) is 3.46. The molecule has 3 atom stereocenters. The molecule has 0 saturated carbocycles. The lowest BCUT2D eigenvalue weighted by Crippen LogP contribution is -2.23. The molecular weight excluding hydrogens is 364 g/mol. The van der Waals surface area contributed by atoms with Crippen molar-refractivity contribution in [3.63, 3.8) is 0 Å². The number of aliphatic hydroxyl groups is 1. The van der Waals surface area contributed by atoms with Gasteiger partial charge in [-0.25, -0.2) is 0 Å². The Labute approximate surface area is 177 Å². The Kier molecular flexibility index (Phi) is 13.1. The average molecular weight is 405 g/mol. The highest BCUT2D eigenvalue weighted by molar-refractivity contribution is 5.69. The van der Waals surface area contributed by atoms with Crippen molar-refractivity contribution in [3.8, 4) is 0 Å². The van der Waals surface area contributed by atoms with Crippen LogP contribution in [0.3, 0.4) is 0 Å². The molecule has 0 radical (unpaired) electrons. The van der Waals surface area contributed by atoms with Crippen LogP contribution in [0.1, 0.15) is 71.6 Å². The first kappa shape index (κ1) is 25.2. The van der Waals surface area contributed by atoms with Gasteiger partial charge in [-0.1, -0.05) is 76.5 Å². The summed E-state index contributed by atoms with van der Waals surface area (Å²) in [6, 6.07) is 0. The Balaban J connectivity index is 2.01. The second-order valence-electron chi connectivity index (χ2n) is 8.04. The number of rotatable bonds is 16. The third-order valence-electron chi connectivity index (χ3n) is 5.28. The van der Waals surface area contributed by atoms with E-state index in [2.05, 4.69) is 44.4 Å². The van der Waals surface area contributed by atoms with Crippen molar-refractivity contribution in [1.82, 2.24) is 0 Å². The van der Waals surface area contributed by atoms with E-state index in [1.54, 1.807) is 6.92 Å². The molecule has 0 aliphatic heterocycles. The zero-order valence-corrected chi connectivity index (χ0v) is 18.4. The predicted octanol–water partition coefficient (Wildman–Crippen LogP) is 5.89. The lowest BCUT2D eigenvalue weighted by Gasteiger charge is -2.23. The molecule has 3 unspecified atom stereocenters. The van der Waals surface area contributed by atoms with E-state index in [1.165, 1.54) is 32.1 Å². The number of esters is 1. The zero-order valence-electron chi connectivity index (χ0n) is 18.4. The minimum Gasteiger partial charge on any atom is -0.491 e. The Morgan fingerprint density at radius 3 is 2.21 bits per heavy atom. The minimum absolute atomic E-state index is 0.0457. The van der Waals surface area contributed by atoms with Gasteiger partial charge in [0.1, 0.15) is 25.1 Å². The topological polar surface area (TPSA) is 55.8 Å². The van der Waals surface area contributed by atoms with Crippen molar-refractivity contribution in [2.45, 2.75) is 77.7 Å². The molecule has 4 nitrogen and oxygen atoms in total. The number of carbonyl (C=O) groups is 1. The Morgan fingerprint density at radius 2 is 1.55 bits per heavy atom. The van der Waals surface area contributed by atoms with Crippen LogP contribution < -0.4 is 0 Å². The van der Waals surface area contributed by atoms with Gasteiger partial charge in [0, 0.05) is 6.42 Å². The number of carbonyl (C=O) groups excluding carboxylic acids is 1. The maximum Gasteiger partial charge on any atom is 0.305 e. The van der Waals surface area contributed by atoms with Gasteiger partial charge in [-0.05, 0) is 43.6 Å². The van der Waals surface area contributed by atoms with E-state index in [-0.39, 0.29) is 19.2 Å². The summed E-state index contributed by atoms with van der Waals surface area (Å²) >= 11 is 0. The third kappa shape index (κ3) is 11.7. The fraction of sp³-hybridized carbons (Fsp3) is 0.640. The van der Waals surface area contributed by atoms with Gasteiger partial charge >= 0.3 is 5.97 Å². The van der Waals surface area contributed by atoms with Crippen LogP contribution in [0.4, 0.5) is 0 Å². The lowest BCUT2D eigenvalue weighted by atomic mass is 9.82. The van der Waals surface area contributed by atoms with Crippen LogP contribution in [0.5, 0.6) is 0 Å². The van der Waals surface area contributed by atoms with Crippen LogP contribution in [-0.4, -0.2) is 30.4 Å². The molecule has 0 aromatic rings. The third-order valence-corrected chi connectivity index (χ3v) is 5.28. The summed E-state index contributed by atoms with van der Waals surface area (Å²) in [5.41, 5.74) is 0.710. The zero-order chi connectivity index (χ0) is 21.5. The number of ether oxygens (including phenoxy) is 2. The Morgan fingerprint density at radius 1 is 0.966 bits per heavy atom. The standard InChI is InChI=1S/C25H40O4/c1-5-13-22-15-11-12-16-23(22)14-9-7-6-8-10-17-25(27)29-19-24(26)18-28-21(4)20(2)3/h11-12,15-16,22-24,26H,2,4-10,13-14,17-19H2,1,3H3. The molecule has 1 aliphatic carbocycles. The quantitative estimate of drug-likeness (QED) is 0.151. The monoisotopic (exact) mass is 404 g/mol. The van der Waals surface area contributed by atoms with Crippen molar-refractivity contribution in [2.75, 3.05) is 13.2 Å². The van der Waals surface area contributed by atoms with Crippen LogP contribution in [0.15, 0.2) is 48.8 Å². The van der Waals surface area contributed by atoms with Crippen LogP contribution in [0, 0.1) is 11.8 Å². The first-order chi connectivity index (χ1) is 13.9. The van der Waals surface area contributed by atoms with Crippen molar-refractivity contribution in [1.29, 1.82) is 0 Å². The highest BCUT2D eigenvalue weighted by Gasteiger charge is 2.17. The summed E-state index contributed by atoms with van der Waals surface area (Å²) in [5.74, 6) is 1.58. The SMILES string of the molecule is C=C(C)C(=C)OCC(O)COC(=O)CCCCCCCC1C=CC=CC1CCC. The molecule has 0 saturated heterocycles. The molecule has 1 aliphatic rings. The number of aliphatic hydroxyl groups excluding tert-OH is 1. The summed E-state index contributed by atoms with van der Waals surface area (Å²) in [6.45, 7) is 11.4. The lowest BCUT2D eigenvalue weighted by molar-refractivity contribution is -0.147. The van der Waals surface area contributed by atoms with Gasteiger partial charge in [-0.3, -0.25) is 4.79 Å². The number of hydrogen-bond acceptors (Lipinski definition) is 4. The first-order valence-corrected chi connectivity index (χ1v) is 11.1. The summed E-state index contributed by atoms with van der Waals surface area (Å²) in [4.78, 5) is 11.8. The highest BCUT2D eigenvalue weighted by atomic mass is 16.5. The fourth-order valence-electron chi connectivity index (χ4n) is 3.46. The molecule has 4 heteroatoms. The van der Waals surface area contributed by atoms with Gasteiger partial charge in [0.25, 0.3) is 0 Å². The molecule has 0 heterocycles. The molecule has 0 aromatic heterocycles. The second-order valence-corrected chi connectivity index (χ2v) is 8.04. The summed E-state index contributed by atoms with van der Waals surface area (Å²) in [6.07, 6.45) is 17.9. The first-order valence-electron chi connectivity index (χ1n) is 11.1. The smallest absolute Gasteiger partial charge is 0.305 e. The van der Waals surface area contributed by atoms with Crippen LogP contribution in [0.25, 0.3) is 0 Å². The van der Waals surface area contributed by atoms with Gasteiger partial charge in [0.15, 0.2) is 0 Å². The minimum atomic E-state index is -0.852. The normalized spacial score (nSPS) is 19.0. The van der Waals surface area contributed by atoms with Crippen molar-refractivity contribution < 1.29 is 19.4 Å². The number of hydrogen-bond donors (Lipinski definition) is 1. The largest absolute Gasteiger partial charge is 0.491 e. The van der Waals surface area contributed by atoms with Crippen molar-refractivity contribution >= 4 is 5.97 Å². The van der Waals surface area contributed by atoms with Crippen LogP contribution >= 0.6 is 0 Å². The molecular formula is C25H40O4. The molecule has 1 rings (SSSR count). The maximum atomic E-state index is 11.8.